The summed E-state index contributed by atoms with van der Waals surface area (Å²) in [6.45, 7) is 1.94. The summed E-state index contributed by atoms with van der Waals surface area (Å²) in [5.41, 5.74) is 2.63. The quantitative estimate of drug-likeness (QED) is 0.796. The zero-order chi connectivity index (χ0) is 14.8. The lowest BCUT2D eigenvalue weighted by molar-refractivity contribution is 0.0692. The lowest BCUT2D eigenvalue weighted by Crippen LogP contribution is -1.99. The minimum Gasteiger partial charge on any atom is -0.476 e. The number of pyridine rings is 1. The van der Waals surface area contributed by atoms with Gasteiger partial charge in [-0.1, -0.05) is 36.4 Å². The SMILES string of the molecule is Cc1cccnc1-c1nc(C(=O)O)c(-c2ccccc2)s1. The van der Waals surface area contributed by atoms with Gasteiger partial charge in [-0.15, -0.1) is 11.3 Å². The van der Waals surface area contributed by atoms with Crippen molar-refractivity contribution in [3.63, 3.8) is 0 Å². The third kappa shape index (κ3) is 2.55. The van der Waals surface area contributed by atoms with Crippen molar-refractivity contribution in [1.82, 2.24) is 9.97 Å². The molecule has 2 aromatic heterocycles. The number of benzene rings is 1. The Morgan fingerprint density at radius 3 is 2.57 bits per heavy atom. The molecule has 0 aliphatic carbocycles. The van der Waals surface area contributed by atoms with E-state index < -0.39 is 5.97 Å². The first-order valence-electron chi connectivity index (χ1n) is 6.38. The van der Waals surface area contributed by atoms with Crippen molar-refractivity contribution in [3.05, 3.63) is 59.9 Å². The summed E-state index contributed by atoms with van der Waals surface area (Å²) in [5, 5.41) is 10.0. The van der Waals surface area contributed by atoms with Crippen LogP contribution in [0.3, 0.4) is 0 Å². The van der Waals surface area contributed by atoms with Crippen LogP contribution in [-0.4, -0.2) is 21.0 Å². The Balaban J connectivity index is 2.18. The van der Waals surface area contributed by atoms with Crippen molar-refractivity contribution in [1.29, 1.82) is 0 Å². The summed E-state index contributed by atoms with van der Waals surface area (Å²) in [4.78, 5) is 20.7. The van der Waals surface area contributed by atoms with Gasteiger partial charge < -0.3 is 5.11 Å². The summed E-state index contributed by atoms with van der Waals surface area (Å²) in [6.07, 6.45) is 1.69. The van der Waals surface area contributed by atoms with Gasteiger partial charge in [-0.2, -0.15) is 0 Å². The van der Waals surface area contributed by atoms with Crippen LogP contribution >= 0.6 is 11.3 Å². The van der Waals surface area contributed by atoms with Crippen molar-refractivity contribution >= 4 is 17.3 Å². The zero-order valence-electron chi connectivity index (χ0n) is 11.3. The highest BCUT2D eigenvalue weighted by Crippen LogP contribution is 2.35. The Morgan fingerprint density at radius 1 is 1.14 bits per heavy atom. The molecule has 1 N–H and O–H groups in total. The van der Waals surface area contributed by atoms with Crippen LogP contribution in [0.5, 0.6) is 0 Å². The van der Waals surface area contributed by atoms with E-state index in [0.29, 0.717) is 9.88 Å². The number of aromatic carboxylic acids is 1. The van der Waals surface area contributed by atoms with E-state index in [0.717, 1.165) is 16.8 Å². The number of aryl methyl sites for hydroxylation is 1. The van der Waals surface area contributed by atoms with Gasteiger partial charge in [-0.25, -0.2) is 9.78 Å². The van der Waals surface area contributed by atoms with Crippen LogP contribution < -0.4 is 0 Å². The number of nitrogens with zero attached hydrogens (tertiary/aromatic N) is 2. The molecule has 0 saturated carbocycles. The Kier molecular flexibility index (Phi) is 3.50. The second-order valence-corrected chi connectivity index (χ2v) is 5.54. The number of hydrogen-bond acceptors (Lipinski definition) is 4. The number of rotatable bonds is 3. The van der Waals surface area contributed by atoms with Crippen LogP contribution in [0.25, 0.3) is 21.1 Å². The van der Waals surface area contributed by atoms with Crippen molar-refractivity contribution < 1.29 is 9.90 Å². The lowest BCUT2D eigenvalue weighted by atomic mass is 10.1. The molecule has 3 aromatic rings. The molecule has 0 bridgehead atoms. The average Bonchev–Trinajstić information content (AvgIpc) is 2.94. The summed E-state index contributed by atoms with van der Waals surface area (Å²) in [7, 11) is 0. The summed E-state index contributed by atoms with van der Waals surface area (Å²) in [6, 6.07) is 13.2. The van der Waals surface area contributed by atoms with Crippen molar-refractivity contribution in [3.8, 4) is 21.1 Å². The van der Waals surface area contributed by atoms with Gasteiger partial charge in [0.1, 0.15) is 10.7 Å². The second-order valence-electron chi connectivity index (χ2n) is 4.54. The second kappa shape index (κ2) is 5.46. The predicted molar refractivity (Wildman–Crippen MR) is 82.5 cm³/mol. The van der Waals surface area contributed by atoms with E-state index in [2.05, 4.69) is 9.97 Å². The first kappa shape index (κ1) is 13.5. The van der Waals surface area contributed by atoms with Crippen molar-refractivity contribution in [2.45, 2.75) is 6.92 Å². The topological polar surface area (TPSA) is 63.1 Å². The third-order valence-electron chi connectivity index (χ3n) is 3.08. The molecule has 5 heteroatoms. The van der Waals surface area contributed by atoms with Gasteiger partial charge in [-0.3, -0.25) is 4.98 Å². The maximum Gasteiger partial charge on any atom is 0.356 e. The number of carboxylic acid groups (broad SMARTS) is 1. The zero-order valence-corrected chi connectivity index (χ0v) is 12.1. The first-order valence-corrected chi connectivity index (χ1v) is 7.20. The molecule has 0 unspecified atom stereocenters. The molecular formula is C16H12N2O2S. The van der Waals surface area contributed by atoms with Gasteiger partial charge in [0.15, 0.2) is 5.69 Å². The number of aromatic nitrogens is 2. The van der Waals surface area contributed by atoms with E-state index in [9.17, 15) is 9.90 Å². The van der Waals surface area contributed by atoms with Crippen LogP contribution in [-0.2, 0) is 0 Å². The van der Waals surface area contributed by atoms with Gasteiger partial charge in [0.2, 0.25) is 0 Å². The summed E-state index contributed by atoms with van der Waals surface area (Å²) in [5.74, 6) is -1.02. The Labute approximate surface area is 125 Å². The van der Waals surface area contributed by atoms with Gasteiger partial charge in [0.25, 0.3) is 0 Å². The number of carboxylic acids is 1. The average molecular weight is 296 g/mol. The maximum atomic E-state index is 11.4. The Hall–Kier alpha value is -2.53. The molecule has 0 radical (unpaired) electrons. The van der Waals surface area contributed by atoms with E-state index in [1.165, 1.54) is 11.3 Å². The molecule has 3 rings (SSSR count). The van der Waals surface area contributed by atoms with Crippen molar-refractivity contribution in [2.24, 2.45) is 0 Å². The highest BCUT2D eigenvalue weighted by Gasteiger charge is 2.20. The molecule has 2 heterocycles. The molecule has 0 fully saturated rings. The van der Waals surface area contributed by atoms with E-state index in [1.807, 2.05) is 49.4 Å². The van der Waals surface area contributed by atoms with Gasteiger partial charge in [0.05, 0.1) is 4.88 Å². The number of carbonyl (C=O) groups is 1. The lowest BCUT2D eigenvalue weighted by Gasteiger charge is -1.98. The van der Waals surface area contributed by atoms with Crippen LogP contribution in [0.1, 0.15) is 16.1 Å². The molecule has 4 nitrogen and oxygen atoms in total. The fourth-order valence-electron chi connectivity index (χ4n) is 2.06. The third-order valence-corrected chi connectivity index (χ3v) is 4.19. The molecule has 0 amide bonds. The van der Waals surface area contributed by atoms with Gasteiger partial charge >= 0.3 is 5.97 Å². The minimum atomic E-state index is -1.02. The van der Waals surface area contributed by atoms with Crippen molar-refractivity contribution in [2.75, 3.05) is 0 Å². The van der Waals surface area contributed by atoms with E-state index in [-0.39, 0.29) is 5.69 Å². The minimum absolute atomic E-state index is 0.0752. The molecule has 0 spiro atoms. The Bertz CT molecular complexity index is 797. The maximum absolute atomic E-state index is 11.4. The molecular weight excluding hydrogens is 284 g/mol. The predicted octanol–water partition coefficient (Wildman–Crippen LogP) is 3.88. The van der Waals surface area contributed by atoms with Crippen LogP contribution in [0, 0.1) is 6.92 Å². The fraction of sp³-hybridized carbons (Fsp3) is 0.0625. The molecule has 1 aromatic carbocycles. The van der Waals surface area contributed by atoms with Crippen LogP contribution in [0.4, 0.5) is 0 Å². The molecule has 104 valence electrons. The van der Waals surface area contributed by atoms with E-state index in [4.69, 9.17) is 0 Å². The molecule has 0 saturated heterocycles. The standard InChI is InChI=1S/C16H12N2O2S/c1-10-6-5-9-17-12(10)15-18-13(16(19)20)14(21-15)11-7-3-2-4-8-11/h2-9H,1H3,(H,19,20). The smallest absolute Gasteiger partial charge is 0.356 e. The largest absolute Gasteiger partial charge is 0.476 e. The monoisotopic (exact) mass is 296 g/mol. The molecule has 21 heavy (non-hydrogen) atoms. The van der Waals surface area contributed by atoms with Crippen LogP contribution in [0.15, 0.2) is 48.7 Å². The highest BCUT2D eigenvalue weighted by molar-refractivity contribution is 7.18. The van der Waals surface area contributed by atoms with E-state index in [1.54, 1.807) is 6.20 Å². The Morgan fingerprint density at radius 2 is 1.90 bits per heavy atom. The van der Waals surface area contributed by atoms with Gasteiger partial charge in [-0.05, 0) is 24.1 Å². The summed E-state index contributed by atoms with van der Waals surface area (Å²) >= 11 is 1.35. The molecule has 0 aliphatic heterocycles. The normalized spacial score (nSPS) is 10.5. The van der Waals surface area contributed by atoms with Crippen LogP contribution in [0.2, 0.25) is 0 Å². The fourth-order valence-corrected chi connectivity index (χ4v) is 3.19. The molecule has 0 atom stereocenters. The first-order chi connectivity index (χ1) is 10.2. The van der Waals surface area contributed by atoms with Gasteiger partial charge in [0, 0.05) is 6.20 Å². The molecule has 0 aliphatic rings. The number of thiazole rings is 1. The summed E-state index contributed by atoms with van der Waals surface area (Å²) < 4.78 is 0. The highest BCUT2D eigenvalue weighted by atomic mass is 32.1. The number of hydrogen-bond donors (Lipinski definition) is 1. The van der Waals surface area contributed by atoms with E-state index >= 15 is 0 Å².